The molecule has 0 heterocycles. The van der Waals surface area contributed by atoms with Gasteiger partial charge in [0.25, 0.3) is 0 Å². The SMILES string of the molecule is CCCOCC(CNc1cccc2cc3ccccc3cc12)OC. The first-order valence-corrected chi connectivity index (χ1v) is 8.57. The van der Waals surface area contributed by atoms with E-state index < -0.39 is 0 Å². The number of benzene rings is 3. The van der Waals surface area contributed by atoms with E-state index >= 15 is 0 Å². The topological polar surface area (TPSA) is 30.5 Å². The number of nitrogens with one attached hydrogen (secondary N) is 1. The lowest BCUT2D eigenvalue weighted by molar-refractivity contribution is 0.0159. The Labute approximate surface area is 143 Å². The van der Waals surface area contributed by atoms with E-state index in [-0.39, 0.29) is 6.10 Å². The van der Waals surface area contributed by atoms with Crippen LogP contribution in [0.2, 0.25) is 0 Å². The number of methoxy groups -OCH3 is 1. The Morgan fingerprint density at radius 1 is 0.958 bits per heavy atom. The third-order valence-electron chi connectivity index (χ3n) is 4.25. The first-order chi connectivity index (χ1) is 11.8. The molecule has 0 radical (unpaired) electrons. The second-order valence-electron chi connectivity index (χ2n) is 6.04. The van der Waals surface area contributed by atoms with Crippen LogP contribution in [0.5, 0.6) is 0 Å². The largest absolute Gasteiger partial charge is 0.382 e. The maximum Gasteiger partial charge on any atom is 0.0976 e. The normalized spacial score (nSPS) is 12.6. The van der Waals surface area contributed by atoms with Crippen molar-refractivity contribution < 1.29 is 9.47 Å². The molecule has 0 fully saturated rings. The van der Waals surface area contributed by atoms with Crippen LogP contribution >= 0.6 is 0 Å². The molecule has 0 aliphatic rings. The van der Waals surface area contributed by atoms with Gasteiger partial charge >= 0.3 is 0 Å². The molecule has 3 nitrogen and oxygen atoms in total. The Morgan fingerprint density at radius 2 is 1.71 bits per heavy atom. The maximum absolute atomic E-state index is 5.60. The summed E-state index contributed by atoms with van der Waals surface area (Å²) in [7, 11) is 1.73. The minimum atomic E-state index is 0.0484. The van der Waals surface area contributed by atoms with Crippen molar-refractivity contribution in [1.29, 1.82) is 0 Å². The van der Waals surface area contributed by atoms with Crippen molar-refractivity contribution >= 4 is 27.2 Å². The van der Waals surface area contributed by atoms with Gasteiger partial charge in [-0.1, -0.05) is 43.3 Å². The van der Waals surface area contributed by atoms with Gasteiger partial charge in [0.2, 0.25) is 0 Å². The van der Waals surface area contributed by atoms with E-state index in [9.17, 15) is 0 Å². The summed E-state index contributed by atoms with van der Waals surface area (Å²) in [6.45, 7) is 4.23. The van der Waals surface area contributed by atoms with Crippen molar-refractivity contribution in [2.75, 3.05) is 32.2 Å². The highest BCUT2D eigenvalue weighted by molar-refractivity contribution is 6.03. The van der Waals surface area contributed by atoms with E-state index in [0.29, 0.717) is 6.61 Å². The molecular weight excluding hydrogens is 298 g/mol. The Balaban J connectivity index is 1.80. The zero-order valence-corrected chi connectivity index (χ0v) is 14.4. The van der Waals surface area contributed by atoms with Crippen LogP contribution in [-0.4, -0.2) is 33.0 Å². The lowest BCUT2D eigenvalue weighted by atomic mass is 10.0. The molecule has 0 saturated heterocycles. The molecule has 0 amide bonds. The van der Waals surface area contributed by atoms with Crippen LogP contribution in [0.25, 0.3) is 21.5 Å². The van der Waals surface area contributed by atoms with Crippen molar-refractivity contribution in [2.45, 2.75) is 19.4 Å². The molecule has 126 valence electrons. The quantitative estimate of drug-likeness (QED) is 0.475. The highest BCUT2D eigenvalue weighted by Crippen LogP contribution is 2.28. The molecule has 0 saturated carbocycles. The highest BCUT2D eigenvalue weighted by atomic mass is 16.5. The standard InChI is InChI=1S/C21H25NO2/c1-3-11-24-15-19(23-2)14-22-21-10-6-9-18-12-16-7-4-5-8-17(16)13-20(18)21/h4-10,12-13,19,22H,3,11,14-15H2,1-2H3. The van der Waals surface area contributed by atoms with Gasteiger partial charge in [-0.15, -0.1) is 0 Å². The second-order valence-corrected chi connectivity index (χ2v) is 6.04. The fourth-order valence-electron chi connectivity index (χ4n) is 2.91. The Morgan fingerprint density at radius 3 is 2.46 bits per heavy atom. The van der Waals surface area contributed by atoms with Gasteiger partial charge in [-0.05, 0) is 40.8 Å². The number of rotatable bonds is 8. The molecule has 0 bridgehead atoms. The summed E-state index contributed by atoms with van der Waals surface area (Å²) < 4.78 is 11.1. The number of ether oxygens (including phenoxy) is 2. The molecule has 0 aliphatic carbocycles. The first kappa shape index (κ1) is 16.7. The summed E-state index contributed by atoms with van der Waals surface area (Å²) in [4.78, 5) is 0. The molecule has 1 unspecified atom stereocenters. The van der Waals surface area contributed by atoms with Gasteiger partial charge < -0.3 is 14.8 Å². The number of hydrogen-bond donors (Lipinski definition) is 1. The van der Waals surface area contributed by atoms with Gasteiger partial charge in [0.1, 0.15) is 0 Å². The molecule has 3 heteroatoms. The first-order valence-electron chi connectivity index (χ1n) is 8.57. The van der Waals surface area contributed by atoms with Crippen molar-refractivity contribution in [3.8, 4) is 0 Å². The minimum absolute atomic E-state index is 0.0484. The van der Waals surface area contributed by atoms with E-state index in [2.05, 4.69) is 66.8 Å². The zero-order chi connectivity index (χ0) is 16.8. The van der Waals surface area contributed by atoms with E-state index in [4.69, 9.17) is 9.47 Å². The lowest BCUT2D eigenvalue weighted by Crippen LogP contribution is -2.27. The van der Waals surface area contributed by atoms with Crippen molar-refractivity contribution in [3.05, 3.63) is 54.6 Å². The maximum atomic E-state index is 5.60. The molecule has 24 heavy (non-hydrogen) atoms. The molecule has 0 aromatic heterocycles. The molecule has 0 spiro atoms. The van der Waals surface area contributed by atoms with Crippen LogP contribution in [0.3, 0.4) is 0 Å². The van der Waals surface area contributed by atoms with E-state index in [1.807, 2.05) is 0 Å². The Hall–Kier alpha value is -2.10. The van der Waals surface area contributed by atoms with Gasteiger partial charge in [-0.3, -0.25) is 0 Å². The molecule has 3 rings (SSSR count). The summed E-state index contributed by atoms with van der Waals surface area (Å²) in [6, 6.07) is 19.3. The Kier molecular flexibility index (Phi) is 5.68. The van der Waals surface area contributed by atoms with Crippen molar-refractivity contribution in [3.63, 3.8) is 0 Å². The van der Waals surface area contributed by atoms with Gasteiger partial charge in [-0.25, -0.2) is 0 Å². The van der Waals surface area contributed by atoms with Gasteiger partial charge in [0.05, 0.1) is 12.7 Å². The molecular formula is C21H25NO2. The van der Waals surface area contributed by atoms with E-state index in [1.165, 1.54) is 21.5 Å². The molecule has 1 N–H and O–H groups in total. The van der Waals surface area contributed by atoms with Crippen LogP contribution < -0.4 is 5.32 Å². The van der Waals surface area contributed by atoms with Crippen LogP contribution in [0, 0.1) is 0 Å². The Bertz CT molecular complexity index is 800. The lowest BCUT2D eigenvalue weighted by Gasteiger charge is -2.18. The molecule has 1 atom stereocenters. The zero-order valence-electron chi connectivity index (χ0n) is 14.4. The van der Waals surface area contributed by atoms with Crippen LogP contribution in [0.15, 0.2) is 54.6 Å². The number of anilines is 1. The second kappa shape index (κ2) is 8.13. The van der Waals surface area contributed by atoms with E-state index in [1.54, 1.807) is 7.11 Å². The number of fused-ring (bicyclic) bond motifs is 2. The fourth-order valence-corrected chi connectivity index (χ4v) is 2.91. The number of hydrogen-bond acceptors (Lipinski definition) is 3. The minimum Gasteiger partial charge on any atom is -0.382 e. The van der Waals surface area contributed by atoms with Crippen LogP contribution in [-0.2, 0) is 9.47 Å². The summed E-state index contributed by atoms with van der Waals surface area (Å²) in [6.07, 6.45) is 1.08. The van der Waals surface area contributed by atoms with Crippen LogP contribution in [0.4, 0.5) is 5.69 Å². The molecule has 3 aromatic carbocycles. The van der Waals surface area contributed by atoms with Crippen molar-refractivity contribution in [2.24, 2.45) is 0 Å². The summed E-state index contributed by atoms with van der Waals surface area (Å²) in [5.74, 6) is 0. The summed E-state index contributed by atoms with van der Waals surface area (Å²) >= 11 is 0. The predicted molar refractivity (Wildman–Crippen MR) is 102 cm³/mol. The molecule has 3 aromatic rings. The van der Waals surface area contributed by atoms with Crippen LogP contribution in [0.1, 0.15) is 13.3 Å². The monoisotopic (exact) mass is 323 g/mol. The van der Waals surface area contributed by atoms with Gasteiger partial charge in [-0.2, -0.15) is 0 Å². The average Bonchev–Trinajstić information content (AvgIpc) is 2.63. The van der Waals surface area contributed by atoms with Gasteiger partial charge in [0, 0.05) is 31.3 Å². The summed E-state index contributed by atoms with van der Waals surface area (Å²) in [5.41, 5.74) is 1.13. The summed E-state index contributed by atoms with van der Waals surface area (Å²) in [5, 5.41) is 8.53. The highest BCUT2D eigenvalue weighted by Gasteiger charge is 2.09. The average molecular weight is 323 g/mol. The third kappa shape index (κ3) is 3.86. The smallest absolute Gasteiger partial charge is 0.0976 e. The van der Waals surface area contributed by atoms with Gasteiger partial charge in [0.15, 0.2) is 0 Å². The third-order valence-corrected chi connectivity index (χ3v) is 4.25. The predicted octanol–water partition coefficient (Wildman–Crippen LogP) is 4.85. The van der Waals surface area contributed by atoms with E-state index in [0.717, 1.165) is 25.3 Å². The fraction of sp³-hybridized carbons (Fsp3) is 0.333. The molecule has 0 aliphatic heterocycles. The van der Waals surface area contributed by atoms with Crippen molar-refractivity contribution in [1.82, 2.24) is 0 Å².